The van der Waals surface area contributed by atoms with Gasteiger partial charge >= 0.3 is 5.97 Å². The average molecular weight is 227 g/mol. The monoisotopic (exact) mass is 227 g/mol. The van der Waals surface area contributed by atoms with Crippen LogP contribution in [-0.2, 0) is 4.79 Å². The van der Waals surface area contributed by atoms with Crippen LogP contribution in [0.4, 0.5) is 5.13 Å². The Morgan fingerprint density at radius 3 is 2.87 bits per heavy atom. The van der Waals surface area contributed by atoms with Crippen LogP contribution in [0.2, 0.25) is 0 Å². The molecular formula is C9H13N3O2S. The van der Waals surface area contributed by atoms with Crippen LogP contribution in [0.15, 0.2) is 5.51 Å². The number of aromatic nitrogens is 2. The van der Waals surface area contributed by atoms with Gasteiger partial charge in [0.25, 0.3) is 0 Å². The topological polar surface area (TPSA) is 75.1 Å². The molecule has 1 heterocycles. The zero-order valence-electron chi connectivity index (χ0n) is 8.27. The van der Waals surface area contributed by atoms with Crippen LogP contribution in [-0.4, -0.2) is 27.8 Å². The number of nitrogens with one attached hydrogen (secondary N) is 1. The summed E-state index contributed by atoms with van der Waals surface area (Å²) in [6.07, 6.45) is 3.52. The SMILES string of the molecule is O=C(O)C1(CNc2nncs2)CCCC1. The molecule has 82 valence electrons. The number of carboxylic acid groups (broad SMARTS) is 1. The van der Waals surface area contributed by atoms with E-state index in [4.69, 9.17) is 0 Å². The largest absolute Gasteiger partial charge is 0.481 e. The summed E-state index contributed by atoms with van der Waals surface area (Å²) in [6, 6.07) is 0. The average Bonchev–Trinajstić information content (AvgIpc) is 2.87. The molecule has 0 amide bonds. The Morgan fingerprint density at radius 1 is 1.60 bits per heavy atom. The molecular weight excluding hydrogens is 214 g/mol. The molecule has 0 saturated heterocycles. The number of aliphatic carboxylic acids is 1. The first-order valence-electron chi connectivity index (χ1n) is 4.96. The zero-order valence-corrected chi connectivity index (χ0v) is 9.09. The minimum Gasteiger partial charge on any atom is -0.481 e. The van der Waals surface area contributed by atoms with Gasteiger partial charge in [-0.3, -0.25) is 4.79 Å². The van der Waals surface area contributed by atoms with Crippen molar-refractivity contribution in [2.24, 2.45) is 5.41 Å². The summed E-state index contributed by atoms with van der Waals surface area (Å²) in [5.74, 6) is -0.697. The third kappa shape index (κ3) is 2.09. The number of hydrogen-bond acceptors (Lipinski definition) is 5. The first-order chi connectivity index (χ1) is 7.23. The molecule has 1 aromatic rings. The lowest BCUT2D eigenvalue weighted by Crippen LogP contribution is -2.35. The van der Waals surface area contributed by atoms with Gasteiger partial charge in [-0.15, -0.1) is 10.2 Å². The smallest absolute Gasteiger partial charge is 0.311 e. The van der Waals surface area contributed by atoms with Gasteiger partial charge in [-0.05, 0) is 12.8 Å². The Kier molecular flexibility index (Phi) is 2.86. The number of anilines is 1. The Balaban J connectivity index is 1.99. The van der Waals surface area contributed by atoms with Crippen LogP contribution < -0.4 is 5.32 Å². The standard InChI is InChI=1S/C9H13N3O2S/c13-7(14)9(3-1-2-4-9)5-10-8-12-11-6-15-8/h6H,1-5H2,(H,10,12)(H,13,14). The molecule has 1 aromatic heterocycles. The van der Waals surface area contributed by atoms with Gasteiger partial charge in [-0.25, -0.2) is 0 Å². The summed E-state index contributed by atoms with van der Waals surface area (Å²) >= 11 is 1.39. The molecule has 1 aliphatic carbocycles. The molecule has 1 fully saturated rings. The molecule has 0 bridgehead atoms. The molecule has 0 aliphatic heterocycles. The summed E-state index contributed by atoms with van der Waals surface area (Å²) in [7, 11) is 0. The van der Waals surface area contributed by atoms with Crippen LogP contribution in [0.25, 0.3) is 0 Å². The van der Waals surface area contributed by atoms with Crippen LogP contribution in [0.5, 0.6) is 0 Å². The van der Waals surface area contributed by atoms with Gasteiger partial charge < -0.3 is 10.4 Å². The number of rotatable bonds is 4. The van der Waals surface area contributed by atoms with E-state index in [0.29, 0.717) is 11.7 Å². The van der Waals surface area contributed by atoms with E-state index in [1.54, 1.807) is 5.51 Å². The van der Waals surface area contributed by atoms with E-state index in [1.165, 1.54) is 11.3 Å². The van der Waals surface area contributed by atoms with Crippen LogP contribution >= 0.6 is 11.3 Å². The minimum absolute atomic E-state index is 0.456. The van der Waals surface area contributed by atoms with Gasteiger partial charge in [-0.2, -0.15) is 0 Å². The van der Waals surface area contributed by atoms with E-state index < -0.39 is 11.4 Å². The molecule has 0 atom stereocenters. The maximum Gasteiger partial charge on any atom is 0.311 e. The zero-order chi connectivity index (χ0) is 10.7. The van der Waals surface area contributed by atoms with Gasteiger partial charge in [0.05, 0.1) is 5.41 Å². The highest BCUT2D eigenvalue weighted by molar-refractivity contribution is 7.13. The quantitative estimate of drug-likeness (QED) is 0.817. The molecule has 15 heavy (non-hydrogen) atoms. The van der Waals surface area contributed by atoms with Crippen molar-refractivity contribution in [3.8, 4) is 0 Å². The summed E-state index contributed by atoms with van der Waals surface area (Å²) in [5, 5.41) is 20.5. The number of hydrogen-bond donors (Lipinski definition) is 2. The fraction of sp³-hybridized carbons (Fsp3) is 0.667. The molecule has 6 heteroatoms. The summed E-state index contributed by atoms with van der Waals surface area (Å²) in [6.45, 7) is 0.456. The number of nitrogens with zero attached hydrogens (tertiary/aromatic N) is 2. The van der Waals surface area contributed by atoms with Gasteiger partial charge in [0.2, 0.25) is 5.13 Å². The second kappa shape index (κ2) is 4.14. The summed E-state index contributed by atoms with van der Waals surface area (Å²) < 4.78 is 0. The molecule has 5 nitrogen and oxygen atoms in total. The third-order valence-corrected chi connectivity index (χ3v) is 3.60. The van der Waals surface area contributed by atoms with Gasteiger partial charge in [0, 0.05) is 6.54 Å². The van der Waals surface area contributed by atoms with Crippen LogP contribution in [0.3, 0.4) is 0 Å². The first kappa shape index (κ1) is 10.4. The second-order valence-corrected chi connectivity index (χ2v) is 4.72. The lowest BCUT2D eigenvalue weighted by molar-refractivity contribution is -0.147. The molecule has 2 N–H and O–H groups in total. The first-order valence-corrected chi connectivity index (χ1v) is 5.84. The van der Waals surface area contributed by atoms with Gasteiger partial charge in [0.1, 0.15) is 5.51 Å². The number of carbonyl (C=O) groups is 1. The maximum atomic E-state index is 11.2. The lowest BCUT2D eigenvalue weighted by atomic mass is 9.86. The molecule has 2 rings (SSSR count). The Hall–Kier alpha value is -1.17. The second-order valence-electron chi connectivity index (χ2n) is 3.89. The molecule has 0 radical (unpaired) electrons. The Bertz CT molecular complexity index is 333. The molecule has 0 spiro atoms. The fourth-order valence-corrected chi connectivity index (χ4v) is 2.46. The Morgan fingerprint density at radius 2 is 2.33 bits per heavy atom. The van der Waals surface area contributed by atoms with E-state index in [9.17, 15) is 9.90 Å². The summed E-state index contributed by atoms with van der Waals surface area (Å²) in [4.78, 5) is 11.2. The van der Waals surface area contributed by atoms with Crippen molar-refractivity contribution in [3.63, 3.8) is 0 Å². The van der Waals surface area contributed by atoms with Crippen molar-refractivity contribution in [1.29, 1.82) is 0 Å². The van der Waals surface area contributed by atoms with E-state index in [-0.39, 0.29) is 0 Å². The Labute approximate surface area is 91.5 Å². The highest BCUT2D eigenvalue weighted by Crippen LogP contribution is 2.38. The van der Waals surface area contributed by atoms with E-state index >= 15 is 0 Å². The third-order valence-electron chi connectivity index (χ3n) is 2.95. The predicted molar refractivity (Wildman–Crippen MR) is 56.9 cm³/mol. The van der Waals surface area contributed by atoms with Crippen molar-refractivity contribution < 1.29 is 9.90 Å². The molecule has 1 saturated carbocycles. The van der Waals surface area contributed by atoms with Gasteiger partial charge in [-0.1, -0.05) is 24.2 Å². The van der Waals surface area contributed by atoms with Crippen molar-refractivity contribution in [3.05, 3.63) is 5.51 Å². The van der Waals surface area contributed by atoms with E-state index in [1.807, 2.05) is 0 Å². The van der Waals surface area contributed by atoms with Crippen molar-refractivity contribution in [2.75, 3.05) is 11.9 Å². The van der Waals surface area contributed by atoms with Gasteiger partial charge in [0.15, 0.2) is 0 Å². The highest BCUT2D eigenvalue weighted by Gasteiger charge is 2.41. The van der Waals surface area contributed by atoms with E-state index in [2.05, 4.69) is 15.5 Å². The highest BCUT2D eigenvalue weighted by atomic mass is 32.1. The molecule has 0 aromatic carbocycles. The summed E-state index contributed by atoms with van der Waals surface area (Å²) in [5.41, 5.74) is 1.04. The number of carboxylic acids is 1. The normalized spacial score (nSPS) is 18.9. The lowest BCUT2D eigenvalue weighted by Gasteiger charge is -2.23. The molecule has 1 aliphatic rings. The van der Waals surface area contributed by atoms with Crippen LogP contribution in [0.1, 0.15) is 25.7 Å². The minimum atomic E-state index is -0.697. The molecule has 0 unspecified atom stereocenters. The van der Waals surface area contributed by atoms with E-state index in [0.717, 1.165) is 25.7 Å². The van der Waals surface area contributed by atoms with Crippen molar-refractivity contribution in [2.45, 2.75) is 25.7 Å². The fourth-order valence-electron chi connectivity index (χ4n) is 2.01. The maximum absolute atomic E-state index is 11.2. The predicted octanol–water partition coefficient (Wildman–Crippen LogP) is 1.59. The van der Waals surface area contributed by atoms with Crippen molar-refractivity contribution in [1.82, 2.24) is 10.2 Å². The van der Waals surface area contributed by atoms with Crippen molar-refractivity contribution >= 4 is 22.4 Å². The van der Waals surface area contributed by atoms with Crippen LogP contribution in [0, 0.1) is 5.41 Å².